The molecule has 5 aromatic rings. The molecule has 0 fully saturated rings. The maximum atomic E-state index is 4.86. The van der Waals surface area contributed by atoms with Gasteiger partial charge in [0, 0.05) is 30.7 Å². The van der Waals surface area contributed by atoms with Crippen molar-refractivity contribution in [3.8, 4) is 11.4 Å². The van der Waals surface area contributed by atoms with Gasteiger partial charge in [-0.2, -0.15) is 0 Å². The lowest BCUT2D eigenvalue weighted by Crippen LogP contribution is -2.31. The van der Waals surface area contributed by atoms with Gasteiger partial charge in [0.15, 0.2) is 0 Å². The summed E-state index contributed by atoms with van der Waals surface area (Å²) in [5.41, 5.74) is 7.04. The average Bonchev–Trinajstić information content (AvgIpc) is 3.54. The van der Waals surface area contributed by atoms with E-state index in [1.165, 1.54) is 23.2 Å². The van der Waals surface area contributed by atoms with Crippen molar-refractivity contribution < 1.29 is 0 Å². The second kappa shape index (κ2) is 8.64. The Kier molecular flexibility index (Phi) is 5.20. The number of nitrogens with one attached hydrogen (secondary N) is 2. The van der Waals surface area contributed by atoms with Crippen LogP contribution in [-0.2, 0) is 19.5 Å². The molecule has 3 aromatic heterocycles. The highest BCUT2D eigenvalue weighted by molar-refractivity contribution is 5.74. The zero-order valence-electron chi connectivity index (χ0n) is 18.4. The van der Waals surface area contributed by atoms with Crippen LogP contribution in [0.15, 0.2) is 79.3 Å². The van der Waals surface area contributed by atoms with E-state index in [1.807, 2.05) is 24.5 Å². The first kappa shape index (κ1) is 19.9. The van der Waals surface area contributed by atoms with Crippen LogP contribution in [0.5, 0.6) is 0 Å². The maximum absolute atomic E-state index is 4.86. The molecule has 1 unspecified atom stereocenters. The molecular formula is C27H26N6. The van der Waals surface area contributed by atoms with Gasteiger partial charge in [-0.25, -0.2) is 9.97 Å². The molecule has 0 spiro atoms. The molecule has 0 amide bonds. The van der Waals surface area contributed by atoms with E-state index in [0.717, 1.165) is 54.2 Å². The van der Waals surface area contributed by atoms with Gasteiger partial charge in [0.25, 0.3) is 0 Å². The van der Waals surface area contributed by atoms with Gasteiger partial charge in [-0.1, -0.05) is 42.5 Å². The molecule has 33 heavy (non-hydrogen) atoms. The first-order chi connectivity index (χ1) is 16.3. The monoisotopic (exact) mass is 434 g/mol. The van der Waals surface area contributed by atoms with E-state index in [1.54, 1.807) is 6.20 Å². The Labute approximate surface area is 192 Å². The normalized spacial score (nSPS) is 15.7. The van der Waals surface area contributed by atoms with Crippen molar-refractivity contribution in [2.24, 2.45) is 0 Å². The maximum Gasteiger partial charge on any atom is 0.137 e. The molecule has 164 valence electrons. The number of nitrogens with zero attached hydrogens (tertiary/aromatic N) is 4. The van der Waals surface area contributed by atoms with Crippen molar-refractivity contribution in [1.82, 2.24) is 29.8 Å². The van der Waals surface area contributed by atoms with Crippen molar-refractivity contribution in [3.05, 3.63) is 102 Å². The van der Waals surface area contributed by atoms with Crippen LogP contribution in [0.25, 0.3) is 22.4 Å². The van der Waals surface area contributed by atoms with Crippen LogP contribution in [-0.4, -0.2) is 29.8 Å². The SMILES string of the molecule is c1cnc2c(c1)CCCC2N(Cc1ccc(-c2ncc[nH]2)cc1)Cc1nc2ccccc2[nH]1. The first-order valence-corrected chi connectivity index (χ1v) is 11.5. The van der Waals surface area contributed by atoms with Crippen molar-refractivity contribution in [2.75, 3.05) is 0 Å². The Morgan fingerprint density at radius 1 is 0.909 bits per heavy atom. The van der Waals surface area contributed by atoms with Crippen LogP contribution < -0.4 is 0 Å². The summed E-state index contributed by atoms with van der Waals surface area (Å²) in [4.78, 5) is 23.3. The lowest BCUT2D eigenvalue weighted by molar-refractivity contribution is 0.153. The first-order valence-electron chi connectivity index (χ1n) is 11.5. The lowest BCUT2D eigenvalue weighted by atomic mass is 9.90. The minimum absolute atomic E-state index is 0.271. The van der Waals surface area contributed by atoms with Gasteiger partial charge in [0.1, 0.15) is 11.6 Å². The van der Waals surface area contributed by atoms with Crippen LogP contribution in [0.3, 0.4) is 0 Å². The van der Waals surface area contributed by atoms with E-state index >= 15 is 0 Å². The highest BCUT2D eigenvalue weighted by Crippen LogP contribution is 2.35. The standard InChI is InChI=1S/C27H26N6/c1-2-8-23-22(7-1)31-25(32-23)18-33(24-9-3-5-20-6-4-14-28-26(20)24)17-19-10-12-21(13-11-19)27-29-15-16-30-27/h1-2,4,6-8,10-16,24H,3,5,9,17-18H2,(H,29,30)(H,31,32). The third-order valence-electron chi connectivity index (χ3n) is 6.51. The molecule has 1 aliphatic rings. The summed E-state index contributed by atoms with van der Waals surface area (Å²) in [7, 11) is 0. The number of pyridine rings is 1. The third kappa shape index (κ3) is 4.05. The topological polar surface area (TPSA) is 73.5 Å². The number of para-hydroxylation sites is 2. The molecule has 6 rings (SSSR count). The van der Waals surface area contributed by atoms with Crippen molar-refractivity contribution in [1.29, 1.82) is 0 Å². The Balaban J connectivity index is 1.32. The van der Waals surface area contributed by atoms with Crippen molar-refractivity contribution >= 4 is 11.0 Å². The van der Waals surface area contributed by atoms with E-state index < -0.39 is 0 Å². The Morgan fingerprint density at radius 3 is 2.67 bits per heavy atom. The van der Waals surface area contributed by atoms with Gasteiger partial charge in [-0.05, 0) is 48.6 Å². The Bertz CT molecular complexity index is 1320. The van der Waals surface area contributed by atoms with Crippen molar-refractivity contribution in [2.45, 2.75) is 38.4 Å². The molecule has 0 saturated carbocycles. The zero-order valence-corrected chi connectivity index (χ0v) is 18.4. The van der Waals surface area contributed by atoms with Gasteiger partial charge in [-0.15, -0.1) is 0 Å². The number of aromatic nitrogens is 5. The lowest BCUT2D eigenvalue weighted by Gasteiger charge is -2.34. The van der Waals surface area contributed by atoms with Crippen LogP contribution in [0.2, 0.25) is 0 Å². The number of imidazole rings is 2. The van der Waals surface area contributed by atoms with Crippen LogP contribution in [0.4, 0.5) is 0 Å². The van der Waals surface area contributed by atoms with E-state index in [0.29, 0.717) is 0 Å². The number of aromatic amines is 2. The molecule has 1 aliphatic carbocycles. The summed E-state index contributed by atoms with van der Waals surface area (Å²) in [5.74, 6) is 1.89. The smallest absolute Gasteiger partial charge is 0.137 e. The Hall–Kier alpha value is -3.77. The predicted molar refractivity (Wildman–Crippen MR) is 129 cm³/mol. The molecule has 0 radical (unpaired) electrons. The van der Waals surface area contributed by atoms with Crippen molar-refractivity contribution in [3.63, 3.8) is 0 Å². The summed E-state index contributed by atoms with van der Waals surface area (Å²) in [6.45, 7) is 1.57. The van der Waals surface area contributed by atoms with E-state index in [2.05, 4.69) is 68.4 Å². The summed E-state index contributed by atoms with van der Waals surface area (Å²) in [6.07, 6.45) is 8.95. The van der Waals surface area contributed by atoms with Gasteiger partial charge in [-0.3, -0.25) is 9.88 Å². The molecule has 6 nitrogen and oxygen atoms in total. The molecular weight excluding hydrogens is 408 g/mol. The molecule has 3 heterocycles. The van der Waals surface area contributed by atoms with Crippen LogP contribution in [0, 0.1) is 0 Å². The highest BCUT2D eigenvalue weighted by atomic mass is 15.2. The summed E-state index contributed by atoms with van der Waals surface area (Å²) in [5, 5.41) is 0. The summed E-state index contributed by atoms with van der Waals surface area (Å²) in [6, 6.07) is 21.5. The summed E-state index contributed by atoms with van der Waals surface area (Å²) >= 11 is 0. The van der Waals surface area contributed by atoms with Crippen LogP contribution in [0.1, 0.15) is 41.5 Å². The largest absolute Gasteiger partial charge is 0.345 e. The number of fused-ring (bicyclic) bond motifs is 2. The van der Waals surface area contributed by atoms with Gasteiger partial charge >= 0.3 is 0 Å². The molecule has 2 aromatic carbocycles. The second-order valence-electron chi connectivity index (χ2n) is 8.70. The molecule has 1 atom stereocenters. The number of rotatable bonds is 6. The fourth-order valence-electron chi connectivity index (χ4n) is 4.92. The number of aryl methyl sites for hydroxylation is 1. The van der Waals surface area contributed by atoms with E-state index in [9.17, 15) is 0 Å². The predicted octanol–water partition coefficient (Wildman–Crippen LogP) is 5.43. The molecule has 6 heteroatoms. The highest BCUT2D eigenvalue weighted by Gasteiger charge is 2.28. The van der Waals surface area contributed by atoms with Gasteiger partial charge in [0.2, 0.25) is 0 Å². The minimum Gasteiger partial charge on any atom is -0.345 e. The fraction of sp³-hybridized carbons (Fsp3) is 0.222. The van der Waals surface area contributed by atoms with E-state index in [-0.39, 0.29) is 6.04 Å². The number of H-pyrrole nitrogens is 2. The quantitative estimate of drug-likeness (QED) is 0.374. The number of hydrogen-bond donors (Lipinski definition) is 2. The number of benzene rings is 2. The van der Waals surface area contributed by atoms with Crippen LogP contribution >= 0.6 is 0 Å². The fourth-order valence-corrected chi connectivity index (χ4v) is 4.92. The molecule has 0 bridgehead atoms. The average molecular weight is 435 g/mol. The minimum atomic E-state index is 0.271. The zero-order chi connectivity index (χ0) is 22.0. The number of hydrogen-bond acceptors (Lipinski definition) is 4. The van der Waals surface area contributed by atoms with Gasteiger partial charge in [0.05, 0.1) is 29.3 Å². The molecule has 2 N–H and O–H groups in total. The van der Waals surface area contributed by atoms with E-state index in [4.69, 9.17) is 9.97 Å². The third-order valence-corrected chi connectivity index (χ3v) is 6.51. The second-order valence-corrected chi connectivity index (χ2v) is 8.70. The molecule has 0 saturated heterocycles. The summed E-state index contributed by atoms with van der Waals surface area (Å²) < 4.78 is 0. The van der Waals surface area contributed by atoms with Gasteiger partial charge < -0.3 is 9.97 Å². The Morgan fingerprint density at radius 2 is 1.82 bits per heavy atom. The molecule has 0 aliphatic heterocycles.